The first-order valence-electron chi connectivity index (χ1n) is 9.62. The molecule has 1 N–H and O–H groups in total. The topological polar surface area (TPSA) is 114 Å². The minimum absolute atomic E-state index is 0.104. The molecule has 0 aliphatic carbocycles. The molecule has 0 heterocycles. The summed E-state index contributed by atoms with van der Waals surface area (Å²) in [6, 6.07) is 19.8. The molecular formula is C24H18ClN3O5. The lowest BCUT2D eigenvalue weighted by atomic mass is 10.1. The van der Waals surface area contributed by atoms with Gasteiger partial charge in [-0.25, -0.2) is 0 Å². The largest absolute Gasteiger partial charge is 0.494 e. The quantitative estimate of drug-likeness (QED) is 0.207. The van der Waals surface area contributed by atoms with Gasteiger partial charge in [0.1, 0.15) is 29.7 Å². The van der Waals surface area contributed by atoms with Crippen molar-refractivity contribution in [2.75, 3.05) is 12.4 Å². The van der Waals surface area contributed by atoms with Gasteiger partial charge in [-0.2, -0.15) is 5.26 Å². The zero-order valence-corrected chi connectivity index (χ0v) is 18.2. The fourth-order valence-electron chi connectivity index (χ4n) is 2.84. The van der Waals surface area contributed by atoms with E-state index in [4.69, 9.17) is 21.1 Å². The summed E-state index contributed by atoms with van der Waals surface area (Å²) in [5, 5.41) is 23.6. The van der Waals surface area contributed by atoms with E-state index < -0.39 is 10.8 Å². The Morgan fingerprint density at radius 1 is 1.18 bits per heavy atom. The van der Waals surface area contributed by atoms with Crippen molar-refractivity contribution in [3.05, 3.63) is 98.6 Å². The molecule has 0 saturated heterocycles. The maximum atomic E-state index is 12.6. The molecule has 8 nitrogen and oxygen atoms in total. The van der Waals surface area contributed by atoms with Crippen LogP contribution in [0.5, 0.6) is 11.5 Å². The van der Waals surface area contributed by atoms with Crippen molar-refractivity contribution in [1.29, 1.82) is 5.26 Å². The molecule has 33 heavy (non-hydrogen) atoms. The minimum atomic E-state index is -0.683. The number of rotatable bonds is 8. The number of carbonyl (C=O) groups excluding carboxylic acids is 1. The van der Waals surface area contributed by atoms with E-state index in [9.17, 15) is 20.2 Å². The Balaban J connectivity index is 1.74. The summed E-state index contributed by atoms with van der Waals surface area (Å²) in [6.45, 7) is 0.329. The smallest absolute Gasteiger partial charge is 0.273 e. The number of hydrogen-bond acceptors (Lipinski definition) is 6. The van der Waals surface area contributed by atoms with Crippen molar-refractivity contribution < 1.29 is 19.2 Å². The highest BCUT2D eigenvalue weighted by molar-refractivity contribution is 6.30. The van der Waals surface area contributed by atoms with E-state index in [0.717, 1.165) is 5.56 Å². The first-order chi connectivity index (χ1) is 15.9. The molecule has 3 rings (SSSR count). The van der Waals surface area contributed by atoms with Crippen LogP contribution in [-0.2, 0) is 11.4 Å². The zero-order valence-electron chi connectivity index (χ0n) is 17.4. The maximum Gasteiger partial charge on any atom is 0.273 e. The predicted molar refractivity (Wildman–Crippen MR) is 124 cm³/mol. The molecule has 3 aromatic carbocycles. The summed E-state index contributed by atoms with van der Waals surface area (Å²) in [4.78, 5) is 23.0. The van der Waals surface area contributed by atoms with E-state index in [1.54, 1.807) is 36.4 Å². The number of nitro groups is 1. The van der Waals surface area contributed by atoms with Crippen LogP contribution in [0.15, 0.2) is 72.3 Å². The summed E-state index contributed by atoms with van der Waals surface area (Å²) in [6.07, 6.45) is 1.42. The summed E-state index contributed by atoms with van der Waals surface area (Å²) in [5.74, 6) is -0.0157. The van der Waals surface area contributed by atoms with E-state index in [-0.39, 0.29) is 22.7 Å². The number of nitro benzene ring substituents is 1. The molecule has 0 spiro atoms. The number of methoxy groups -OCH3 is 1. The van der Waals surface area contributed by atoms with Gasteiger partial charge in [-0.05, 0) is 47.5 Å². The maximum absolute atomic E-state index is 12.6. The number of carbonyl (C=O) groups is 1. The second kappa shape index (κ2) is 10.8. The summed E-state index contributed by atoms with van der Waals surface area (Å²) in [5.41, 5.74) is 1.39. The number of anilines is 1. The van der Waals surface area contributed by atoms with Gasteiger partial charge in [0.25, 0.3) is 11.6 Å². The molecule has 0 fully saturated rings. The van der Waals surface area contributed by atoms with Gasteiger partial charge in [-0.1, -0.05) is 35.9 Å². The first kappa shape index (κ1) is 23.3. The van der Waals surface area contributed by atoms with Gasteiger partial charge in [-0.15, -0.1) is 0 Å². The van der Waals surface area contributed by atoms with Crippen LogP contribution in [0.2, 0.25) is 5.02 Å². The van der Waals surface area contributed by atoms with Crippen LogP contribution < -0.4 is 14.8 Å². The van der Waals surface area contributed by atoms with Crippen LogP contribution in [0.3, 0.4) is 0 Å². The van der Waals surface area contributed by atoms with E-state index in [0.29, 0.717) is 22.9 Å². The number of nitrogens with zero attached hydrogens (tertiary/aromatic N) is 2. The highest BCUT2D eigenvalue weighted by Gasteiger charge is 2.16. The molecule has 0 atom stereocenters. The molecule has 1 amide bonds. The molecule has 166 valence electrons. The second-order valence-corrected chi connectivity index (χ2v) is 7.19. The van der Waals surface area contributed by atoms with Crippen LogP contribution in [0, 0.1) is 21.4 Å². The Hall–Kier alpha value is -4.35. The molecule has 0 aliphatic heterocycles. The van der Waals surface area contributed by atoms with Gasteiger partial charge in [0.05, 0.1) is 23.8 Å². The molecule has 9 heteroatoms. The number of halogens is 1. The molecule has 0 unspecified atom stereocenters. The van der Waals surface area contributed by atoms with Crippen LogP contribution in [0.25, 0.3) is 6.08 Å². The van der Waals surface area contributed by atoms with Crippen molar-refractivity contribution >= 4 is 35.0 Å². The molecule has 0 bridgehead atoms. The van der Waals surface area contributed by atoms with Gasteiger partial charge >= 0.3 is 0 Å². The van der Waals surface area contributed by atoms with E-state index in [1.807, 2.05) is 18.2 Å². The third-order valence-corrected chi connectivity index (χ3v) is 4.75. The fraction of sp³-hybridized carbons (Fsp3) is 0.0833. The molecule has 0 aliphatic rings. The Morgan fingerprint density at radius 3 is 2.61 bits per heavy atom. The second-order valence-electron chi connectivity index (χ2n) is 6.75. The Bertz CT molecular complexity index is 1250. The Kier molecular flexibility index (Phi) is 7.63. The van der Waals surface area contributed by atoms with Gasteiger partial charge in [0, 0.05) is 11.1 Å². The number of nitrogens with one attached hydrogen (secondary N) is 1. The SMILES string of the molecule is COc1cc([N+](=O)[O-])ccc1NC(=O)/C(C#N)=C/c1cccc(OCc2ccc(Cl)cc2)c1. The van der Waals surface area contributed by atoms with Gasteiger partial charge < -0.3 is 14.8 Å². The predicted octanol–water partition coefficient (Wildman–Crippen LogP) is 5.38. The number of non-ortho nitro benzene ring substituents is 1. The van der Waals surface area contributed by atoms with Gasteiger partial charge in [-0.3, -0.25) is 14.9 Å². The molecule has 0 aromatic heterocycles. The van der Waals surface area contributed by atoms with Gasteiger partial charge in [0.2, 0.25) is 0 Å². The zero-order chi connectivity index (χ0) is 23.8. The highest BCUT2D eigenvalue weighted by Crippen LogP contribution is 2.29. The highest BCUT2D eigenvalue weighted by atomic mass is 35.5. The Morgan fingerprint density at radius 2 is 1.94 bits per heavy atom. The number of benzene rings is 3. The van der Waals surface area contributed by atoms with E-state index in [1.165, 1.54) is 31.4 Å². The van der Waals surface area contributed by atoms with E-state index in [2.05, 4.69) is 5.32 Å². The summed E-state index contributed by atoms with van der Waals surface area (Å²) >= 11 is 5.88. The standard InChI is InChI=1S/C24H18ClN3O5/c1-32-23-13-20(28(30)31)9-10-22(23)27-24(29)18(14-26)11-17-3-2-4-21(12-17)33-15-16-5-7-19(25)8-6-16/h2-13H,15H2,1H3,(H,27,29)/b18-11+. The summed E-state index contributed by atoms with van der Waals surface area (Å²) in [7, 11) is 1.32. The fourth-order valence-corrected chi connectivity index (χ4v) is 2.97. The number of hydrogen-bond donors (Lipinski definition) is 1. The average Bonchev–Trinajstić information content (AvgIpc) is 2.82. The third kappa shape index (κ3) is 6.32. The first-order valence-corrected chi connectivity index (χ1v) is 10.0. The van der Waals surface area contributed by atoms with Crippen molar-refractivity contribution in [3.8, 4) is 17.6 Å². The van der Waals surface area contributed by atoms with Crippen molar-refractivity contribution in [1.82, 2.24) is 0 Å². The summed E-state index contributed by atoms with van der Waals surface area (Å²) < 4.78 is 10.9. The van der Waals surface area contributed by atoms with Crippen molar-refractivity contribution in [2.45, 2.75) is 6.61 Å². The van der Waals surface area contributed by atoms with Crippen molar-refractivity contribution in [2.24, 2.45) is 0 Å². The minimum Gasteiger partial charge on any atom is -0.494 e. The Labute approximate surface area is 194 Å². The number of amides is 1. The average molecular weight is 464 g/mol. The van der Waals surface area contributed by atoms with Gasteiger partial charge in [0.15, 0.2) is 0 Å². The van der Waals surface area contributed by atoms with Crippen LogP contribution in [0.4, 0.5) is 11.4 Å². The molecular weight excluding hydrogens is 446 g/mol. The lowest BCUT2D eigenvalue weighted by molar-refractivity contribution is -0.384. The molecule has 0 radical (unpaired) electrons. The van der Waals surface area contributed by atoms with Crippen LogP contribution in [0.1, 0.15) is 11.1 Å². The monoisotopic (exact) mass is 463 g/mol. The normalized spacial score (nSPS) is 10.8. The number of ether oxygens (including phenoxy) is 2. The van der Waals surface area contributed by atoms with Crippen molar-refractivity contribution in [3.63, 3.8) is 0 Å². The third-order valence-electron chi connectivity index (χ3n) is 4.50. The lowest BCUT2D eigenvalue weighted by Gasteiger charge is -2.10. The van der Waals surface area contributed by atoms with Crippen LogP contribution >= 0.6 is 11.6 Å². The van der Waals surface area contributed by atoms with Crippen LogP contribution in [-0.4, -0.2) is 17.9 Å². The lowest BCUT2D eigenvalue weighted by Crippen LogP contribution is -2.14. The van der Waals surface area contributed by atoms with E-state index >= 15 is 0 Å². The molecule has 0 saturated carbocycles. The molecule has 3 aromatic rings. The number of nitriles is 1.